The third-order valence-electron chi connectivity index (χ3n) is 9.09. The van der Waals surface area contributed by atoms with Gasteiger partial charge in [0, 0.05) is 5.41 Å². The van der Waals surface area contributed by atoms with Gasteiger partial charge >= 0.3 is 5.97 Å². The summed E-state index contributed by atoms with van der Waals surface area (Å²) in [7, 11) is 0. The Hall–Kier alpha value is -0.990. The highest BCUT2D eigenvalue weighted by Gasteiger charge is 3.00. The van der Waals surface area contributed by atoms with Gasteiger partial charge in [-0.1, -0.05) is 20.8 Å². The van der Waals surface area contributed by atoms with Crippen LogP contribution in [0.2, 0.25) is 0 Å². The molecule has 7 heteroatoms. The van der Waals surface area contributed by atoms with Gasteiger partial charge in [-0.3, -0.25) is 0 Å². The predicted molar refractivity (Wildman–Crippen MR) is 88.5 cm³/mol. The van der Waals surface area contributed by atoms with Crippen molar-refractivity contribution in [1.29, 1.82) is 0 Å². The first kappa shape index (κ1) is 15.9. The molecule has 10 atom stereocenters. The molecule has 5 fully saturated rings. The van der Waals surface area contributed by atoms with E-state index < -0.39 is 40.4 Å². The maximum atomic E-state index is 12.1. The standard InChI is InChI=1S/C20H24O7/c1-7(2)18-13(26-18)14-20(27-14)17(3)5-10(21)12-8(6-24-15(12)22)9(17)4-11-19(20,25-11)16(18)23/h7,9-11,13-14,16,21,23H,4-6H2,1-3H3/t9-,10-,11-,13-,14-,16+,17-,18+,19+,20-/m0/s1. The summed E-state index contributed by atoms with van der Waals surface area (Å²) in [5.41, 5.74) is -1.12. The van der Waals surface area contributed by atoms with E-state index in [1.54, 1.807) is 0 Å². The van der Waals surface area contributed by atoms with Crippen LogP contribution in [0.1, 0.15) is 33.6 Å². The lowest BCUT2D eigenvalue weighted by molar-refractivity contribution is -0.137. The second-order valence-electron chi connectivity index (χ2n) is 10.1. The molecule has 4 heterocycles. The van der Waals surface area contributed by atoms with Crippen LogP contribution in [0.3, 0.4) is 0 Å². The number of aliphatic hydroxyl groups is 2. The molecule has 146 valence electrons. The summed E-state index contributed by atoms with van der Waals surface area (Å²) in [6, 6.07) is 0. The average Bonchev–Trinajstić information content (AvgIpc) is 3.48. The topological polar surface area (TPSA) is 104 Å². The van der Waals surface area contributed by atoms with E-state index >= 15 is 0 Å². The summed E-state index contributed by atoms with van der Waals surface area (Å²) < 4.78 is 24.1. The Morgan fingerprint density at radius 1 is 1.15 bits per heavy atom. The number of ether oxygens (including phenoxy) is 4. The van der Waals surface area contributed by atoms with Gasteiger partial charge in [0.2, 0.25) is 0 Å². The van der Waals surface area contributed by atoms with Crippen molar-refractivity contribution in [1.82, 2.24) is 0 Å². The van der Waals surface area contributed by atoms with Crippen LogP contribution in [0, 0.1) is 17.3 Å². The molecule has 7 aliphatic rings. The van der Waals surface area contributed by atoms with Gasteiger partial charge in [0.15, 0.2) is 5.60 Å². The van der Waals surface area contributed by atoms with Crippen LogP contribution in [-0.2, 0) is 23.7 Å². The summed E-state index contributed by atoms with van der Waals surface area (Å²) in [6.07, 6.45) is -0.861. The average molecular weight is 376 g/mol. The lowest BCUT2D eigenvalue weighted by Crippen LogP contribution is -2.69. The van der Waals surface area contributed by atoms with Crippen LogP contribution < -0.4 is 0 Å². The molecule has 3 saturated heterocycles. The Kier molecular flexibility index (Phi) is 2.35. The largest absolute Gasteiger partial charge is 0.458 e. The first-order chi connectivity index (χ1) is 12.8. The molecule has 0 aromatic rings. The minimum Gasteiger partial charge on any atom is -0.458 e. The third-order valence-corrected chi connectivity index (χ3v) is 9.09. The predicted octanol–water partition coefficient (Wildman–Crippen LogP) is 0.0739. The van der Waals surface area contributed by atoms with E-state index in [4.69, 9.17) is 18.9 Å². The maximum Gasteiger partial charge on any atom is 0.337 e. The fourth-order valence-electron chi connectivity index (χ4n) is 7.80. The molecule has 2 saturated carbocycles. The number of hydrogen-bond donors (Lipinski definition) is 2. The second-order valence-corrected chi connectivity index (χ2v) is 10.1. The van der Waals surface area contributed by atoms with Crippen molar-refractivity contribution in [2.45, 2.75) is 80.9 Å². The molecule has 0 unspecified atom stereocenters. The molecule has 7 nitrogen and oxygen atoms in total. The molecular formula is C20H24O7. The Balaban J connectivity index is 1.40. The molecule has 0 radical (unpaired) electrons. The molecule has 4 aliphatic heterocycles. The van der Waals surface area contributed by atoms with Gasteiger partial charge in [0.25, 0.3) is 0 Å². The molecule has 0 aromatic heterocycles. The van der Waals surface area contributed by atoms with Gasteiger partial charge in [-0.05, 0) is 30.3 Å². The number of carbonyl (C=O) groups is 1. The van der Waals surface area contributed by atoms with Crippen LogP contribution in [0.15, 0.2) is 11.1 Å². The number of epoxide rings is 3. The molecule has 0 aromatic carbocycles. The lowest BCUT2D eigenvalue weighted by atomic mass is 9.46. The normalized spacial score (nSPS) is 64.0. The van der Waals surface area contributed by atoms with Crippen molar-refractivity contribution >= 4 is 5.97 Å². The number of fused-ring (bicyclic) bond motifs is 4. The zero-order valence-corrected chi connectivity index (χ0v) is 15.6. The van der Waals surface area contributed by atoms with Gasteiger partial charge in [0.1, 0.15) is 36.1 Å². The number of rotatable bonds is 1. The van der Waals surface area contributed by atoms with E-state index in [9.17, 15) is 15.0 Å². The van der Waals surface area contributed by atoms with E-state index in [2.05, 4.69) is 20.8 Å². The highest BCUT2D eigenvalue weighted by molar-refractivity contribution is 5.93. The summed E-state index contributed by atoms with van der Waals surface area (Å²) in [5, 5.41) is 22.3. The quantitative estimate of drug-likeness (QED) is 0.493. The summed E-state index contributed by atoms with van der Waals surface area (Å²) in [5.74, 6) is -0.186. The van der Waals surface area contributed by atoms with Crippen molar-refractivity contribution < 1.29 is 34.0 Å². The number of aliphatic hydroxyl groups excluding tert-OH is 2. The number of cyclic esters (lactones) is 1. The highest BCUT2D eigenvalue weighted by Crippen LogP contribution is 2.82. The zero-order valence-electron chi connectivity index (χ0n) is 15.6. The van der Waals surface area contributed by atoms with Gasteiger partial charge in [-0.2, -0.15) is 0 Å². The lowest BCUT2D eigenvalue weighted by Gasteiger charge is -2.54. The van der Waals surface area contributed by atoms with Crippen molar-refractivity contribution in [2.75, 3.05) is 6.61 Å². The number of carbonyl (C=O) groups excluding carboxylic acids is 1. The van der Waals surface area contributed by atoms with E-state index in [1.165, 1.54) is 0 Å². The van der Waals surface area contributed by atoms with Gasteiger partial charge in [-0.25, -0.2) is 4.79 Å². The van der Waals surface area contributed by atoms with Gasteiger partial charge in [0.05, 0.1) is 17.8 Å². The first-order valence-corrected chi connectivity index (χ1v) is 10.1. The van der Waals surface area contributed by atoms with Crippen molar-refractivity contribution in [3.63, 3.8) is 0 Å². The Bertz CT molecular complexity index is 851. The van der Waals surface area contributed by atoms with Crippen LogP contribution in [0.4, 0.5) is 0 Å². The third kappa shape index (κ3) is 1.27. The molecular weight excluding hydrogens is 352 g/mol. The molecule has 2 N–H and O–H groups in total. The van der Waals surface area contributed by atoms with Gasteiger partial charge < -0.3 is 29.2 Å². The number of hydrogen-bond acceptors (Lipinski definition) is 7. The molecule has 2 spiro atoms. The van der Waals surface area contributed by atoms with Crippen LogP contribution in [0.25, 0.3) is 0 Å². The Morgan fingerprint density at radius 2 is 1.93 bits per heavy atom. The maximum absolute atomic E-state index is 12.1. The van der Waals surface area contributed by atoms with Crippen molar-refractivity contribution in [3.05, 3.63) is 11.1 Å². The summed E-state index contributed by atoms with van der Waals surface area (Å²) >= 11 is 0. The first-order valence-electron chi connectivity index (χ1n) is 10.1. The Morgan fingerprint density at radius 3 is 2.67 bits per heavy atom. The van der Waals surface area contributed by atoms with E-state index in [0.717, 1.165) is 5.57 Å². The molecule has 7 rings (SSSR count). The molecule has 0 bridgehead atoms. The monoisotopic (exact) mass is 376 g/mol. The fourth-order valence-corrected chi connectivity index (χ4v) is 7.80. The minimum atomic E-state index is -0.864. The van der Waals surface area contributed by atoms with Crippen LogP contribution >= 0.6 is 0 Å². The second kappa shape index (κ2) is 4.00. The van der Waals surface area contributed by atoms with Crippen molar-refractivity contribution in [2.24, 2.45) is 17.3 Å². The van der Waals surface area contributed by atoms with E-state index in [0.29, 0.717) is 18.4 Å². The van der Waals surface area contributed by atoms with Gasteiger partial charge in [-0.15, -0.1) is 0 Å². The van der Waals surface area contributed by atoms with Crippen LogP contribution in [-0.4, -0.2) is 70.1 Å². The van der Waals surface area contributed by atoms with Crippen molar-refractivity contribution in [3.8, 4) is 0 Å². The summed E-state index contributed by atoms with van der Waals surface area (Å²) in [4.78, 5) is 12.1. The molecule has 3 aliphatic carbocycles. The van der Waals surface area contributed by atoms with E-state index in [-0.39, 0.29) is 36.8 Å². The van der Waals surface area contributed by atoms with E-state index in [1.807, 2.05) is 0 Å². The SMILES string of the molecule is CC(C)[C@@]12O[C@H]1[C@@H]1O[C@@]13[C@]1(O[C@H]1C[C@H]1C4=C(C(=O)OC4)[C@@H](O)C[C@@]13C)[C@@H]2O. The summed E-state index contributed by atoms with van der Waals surface area (Å²) in [6.45, 7) is 6.51. The molecule has 0 amide bonds. The highest BCUT2D eigenvalue weighted by atomic mass is 16.7. The molecule has 27 heavy (non-hydrogen) atoms. The fraction of sp³-hybridized carbons (Fsp3) is 0.850. The zero-order chi connectivity index (χ0) is 18.7. The van der Waals surface area contributed by atoms with Crippen LogP contribution in [0.5, 0.6) is 0 Å². The Labute approximate surface area is 156 Å². The smallest absolute Gasteiger partial charge is 0.337 e. The minimum absolute atomic E-state index is 0.0467. The number of esters is 1.